The van der Waals surface area contributed by atoms with Gasteiger partial charge in [0, 0.05) is 12.5 Å². The van der Waals surface area contributed by atoms with Gasteiger partial charge in [-0.15, -0.1) is 0 Å². The van der Waals surface area contributed by atoms with E-state index in [4.69, 9.17) is 5.11 Å². The summed E-state index contributed by atoms with van der Waals surface area (Å²) >= 11 is 0. The predicted molar refractivity (Wildman–Crippen MR) is 38.0 cm³/mol. The second-order valence-electron chi connectivity index (χ2n) is 2.75. The van der Waals surface area contributed by atoms with Crippen molar-refractivity contribution >= 4 is 11.9 Å². The third-order valence-corrected chi connectivity index (χ3v) is 1.74. The van der Waals surface area contributed by atoms with Crippen LogP contribution in [0.3, 0.4) is 0 Å². The third-order valence-electron chi connectivity index (χ3n) is 1.74. The number of rotatable bonds is 2. The van der Waals surface area contributed by atoms with E-state index in [1.807, 2.05) is 0 Å². The average Bonchev–Trinajstić information content (AvgIpc) is 1.85. The molecule has 0 radical (unpaired) electrons. The predicted octanol–water partition coefficient (Wildman–Crippen LogP) is 0.130. The van der Waals surface area contributed by atoms with Gasteiger partial charge in [0.25, 0.3) is 0 Å². The van der Waals surface area contributed by atoms with E-state index in [9.17, 15) is 9.59 Å². The summed E-state index contributed by atoms with van der Waals surface area (Å²) in [6.45, 7) is 0. The van der Waals surface area contributed by atoms with Gasteiger partial charge < -0.3 is 10.4 Å². The molecule has 1 amide bonds. The van der Waals surface area contributed by atoms with Crippen molar-refractivity contribution in [2.24, 2.45) is 0 Å². The number of nitrogens with one attached hydrogen (secondary N) is 1. The van der Waals surface area contributed by atoms with Crippen LogP contribution in [0.4, 0.5) is 0 Å². The number of carbonyl (C=O) groups is 2. The Morgan fingerprint density at radius 1 is 1.73 bits per heavy atom. The van der Waals surface area contributed by atoms with Crippen molar-refractivity contribution in [3.05, 3.63) is 0 Å². The Morgan fingerprint density at radius 3 is 3.00 bits per heavy atom. The summed E-state index contributed by atoms with van der Waals surface area (Å²) in [6, 6.07) is -0.145. The molecule has 4 nitrogen and oxygen atoms in total. The molecule has 1 rings (SSSR count). The Hall–Kier alpha value is -1.06. The Balaban J connectivity index is 2.34. The van der Waals surface area contributed by atoms with Gasteiger partial charge in [0.2, 0.25) is 5.91 Å². The second kappa shape index (κ2) is 3.37. The fourth-order valence-corrected chi connectivity index (χ4v) is 1.24. The molecule has 1 fully saturated rings. The maximum atomic E-state index is 10.8. The lowest BCUT2D eigenvalue weighted by Crippen LogP contribution is -2.39. The molecule has 1 aliphatic rings. The van der Waals surface area contributed by atoms with E-state index < -0.39 is 5.97 Å². The summed E-state index contributed by atoms with van der Waals surface area (Å²) in [5.41, 5.74) is 0. The van der Waals surface area contributed by atoms with E-state index >= 15 is 0 Å². The minimum absolute atomic E-state index is 0.0255. The molecule has 1 aliphatic heterocycles. The molecule has 2 N–H and O–H groups in total. The molecule has 0 spiro atoms. The Bertz CT molecular complexity index is 177. The topological polar surface area (TPSA) is 66.4 Å². The minimum Gasteiger partial charge on any atom is -0.481 e. The summed E-state index contributed by atoms with van der Waals surface area (Å²) in [5, 5.41) is 11.0. The summed E-state index contributed by atoms with van der Waals surface area (Å²) in [6.07, 6.45) is 2.18. The molecule has 0 aliphatic carbocycles. The molecular formula is C7H11NO3. The number of carbonyl (C=O) groups excluding carboxylic acids is 1. The van der Waals surface area contributed by atoms with Gasteiger partial charge in [-0.3, -0.25) is 9.59 Å². The zero-order chi connectivity index (χ0) is 8.27. The molecular weight excluding hydrogens is 146 g/mol. The fraction of sp³-hybridized carbons (Fsp3) is 0.714. The molecule has 0 aromatic rings. The van der Waals surface area contributed by atoms with Crippen molar-refractivity contribution in [3.63, 3.8) is 0 Å². The van der Waals surface area contributed by atoms with Crippen LogP contribution in [0, 0.1) is 0 Å². The van der Waals surface area contributed by atoms with Gasteiger partial charge in [-0.25, -0.2) is 0 Å². The molecule has 11 heavy (non-hydrogen) atoms. The van der Waals surface area contributed by atoms with E-state index in [0.717, 1.165) is 12.8 Å². The number of hydrogen-bond donors (Lipinski definition) is 2. The van der Waals surface area contributed by atoms with E-state index in [1.54, 1.807) is 0 Å². The molecule has 4 heteroatoms. The molecule has 1 atom stereocenters. The first-order chi connectivity index (χ1) is 5.18. The largest absolute Gasteiger partial charge is 0.481 e. The van der Waals surface area contributed by atoms with Crippen LogP contribution in [0.1, 0.15) is 25.7 Å². The normalized spacial score (nSPS) is 24.4. The van der Waals surface area contributed by atoms with Gasteiger partial charge in [-0.1, -0.05) is 0 Å². The number of carboxylic acid groups (broad SMARTS) is 1. The molecule has 1 unspecified atom stereocenters. The first kappa shape index (κ1) is 8.04. The highest BCUT2D eigenvalue weighted by Crippen LogP contribution is 2.10. The van der Waals surface area contributed by atoms with Gasteiger partial charge in [-0.05, 0) is 12.8 Å². The smallest absolute Gasteiger partial charge is 0.305 e. The lowest BCUT2D eigenvalue weighted by atomic mass is 10.0. The fourth-order valence-electron chi connectivity index (χ4n) is 1.24. The summed E-state index contributed by atoms with van der Waals surface area (Å²) in [7, 11) is 0. The number of aliphatic carboxylic acids is 1. The van der Waals surface area contributed by atoms with Gasteiger partial charge in [-0.2, -0.15) is 0 Å². The highest BCUT2D eigenvalue weighted by atomic mass is 16.4. The van der Waals surface area contributed by atoms with Gasteiger partial charge in [0.1, 0.15) is 0 Å². The Morgan fingerprint density at radius 2 is 2.45 bits per heavy atom. The Kier molecular flexibility index (Phi) is 2.46. The molecule has 62 valence electrons. The number of hydrogen-bond acceptors (Lipinski definition) is 2. The first-order valence-electron chi connectivity index (χ1n) is 3.69. The van der Waals surface area contributed by atoms with Crippen LogP contribution in [0.25, 0.3) is 0 Å². The third kappa shape index (κ3) is 2.57. The summed E-state index contributed by atoms with van der Waals surface area (Å²) in [4.78, 5) is 21.0. The number of amides is 1. The lowest BCUT2D eigenvalue weighted by Gasteiger charge is -2.21. The Labute approximate surface area is 64.6 Å². The zero-order valence-electron chi connectivity index (χ0n) is 6.17. The minimum atomic E-state index is -0.850. The molecule has 0 saturated carbocycles. The highest BCUT2D eigenvalue weighted by Gasteiger charge is 2.19. The highest BCUT2D eigenvalue weighted by molar-refractivity contribution is 5.78. The van der Waals surface area contributed by atoms with Crippen molar-refractivity contribution < 1.29 is 14.7 Å². The van der Waals surface area contributed by atoms with Crippen molar-refractivity contribution in [2.45, 2.75) is 31.7 Å². The molecule has 0 aromatic heterocycles. The monoisotopic (exact) mass is 157 g/mol. The average molecular weight is 157 g/mol. The van der Waals surface area contributed by atoms with Crippen molar-refractivity contribution in [3.8, 4) is 0 Å². The molecule has 0 aromatic carbocycles. The van der Waals surface area contributed by atoms with Crippen LogP contribution in [-0.4, -0.2) is 23.0 Å². The van der Waals surface area contributed by atoms with Crippen LogP contribution < -0.4 is 5.32 Å². The molecule has 0 bridgehead atoms. The van der Waals surface area contributed by atoms with Crippen molar-refractivity contribution in [1.29, 1.82) is 0 Å². The first-order valence-corrected chi connectivity index (χ1v) is 3.69. The maximum Gasteiger partial charge on any atom is 0.305 e. The number of carboxylic acids is 1. The summed E-state index contributed by atoms with van der Waals surface area (Å²) < 4.78 is 0. The van der Waals surface area contributed by atoms with E-state index in [-0.39, 0.29) is 18.4 Å². The van der Waals surface area contributed by atoms with Crippen LogP contribution in [0.15, 0.2) is 0 Å². The molecule has 1 saturated heterocycles. The molecule has 1 heterocycles. The van der Waals surface area contributed by atoms with Gasteiger partial charge in [0.05, 0.1) is 6.42 Å². The lowest BCUT2D eigenvalue weighted by molar-refractivity contribution is -0.138. The van der Waals surface area contributed by atoms with Gasteiger partial charge in [0.15, 0.2) is 0 Å². The SMILES string of the molecule is O=C(O)CC1CCCC(=O)N1. The maximum absolute atomic E-state index is 10.8. The van der Waals surface area contributed by atoms with Crippen molar-refractivity contribution in [1.82, 2.24) is 5.32 Å². The van der Waals surface area contributed by atoms with Crippen LogP contribution >= 0.6 is 0 Å². The standard InChI is InChI=1S/C7H11NO3/c9-6-3-1-2-5(8-6)4-7(10)11/h5H,1-4H2,(H,8,9)(H,10,11). The number of piperidine rings is 1. The van der Waals surface area contributed by atoms with Crippen LogP contribution in [-0.2, 0) is 9.59 Å². The van der Waals surface area contributed by atoms with E-state index in [2.05, 4.69) is 5.32 Å². The quantitative estimate of drug-likeness (QED) is 0.598. The summed E-state index contributed by atoms with van der Waals surface area (Å²) in [5.74, 6) is -0.875. The second-order valence-corrected chi connectivity index (χ2v) is 2.75. The van der Waals surface area contributed by atoms with Crippen molar-refractivity contribution in [2.75, 3.05) is 0 Å². The zero-order valence-corrected chi connectivity index (χ0v) is 6.17. The van der Waals surface area contributed by atoms with E-state index in [0.29, 0.717) is 6.42 Å². The van der Waals surface area contributed by atoms with Crippen LogP contribution in [0.2, 0.25) is 0 Å². The van der Waals surface area contributed by atoms with Gasteiger partial charge >= 0.3 is 5.97 Å². The van der Waals surface area contributed by atoms with E-state index in [1.165, 1.54) is 0 Å². The van der Waals surface area contributed by atoms with Crippen LogP contribution in [0.5, 0.6) is 0 Å².